The van der Waals surface area contributed by atoms with Gasteiger partial charge in [0.25, 0.3) is 5.88 Å². The first-order valence-corrected chi connectivity index (χ1v) is 9.86. The number of aliphatic hydroxyl groups is 1. The van der Waals surface area contributed by atoms with Crippen molar-refractivity contribution in [2.75, 3.05) is 17.3 Å². The lowest BCUT2D eigenvalue weighted by Crippen LogP contribution is -2.42. The summed E-state index contributed by atoms with van der Waals surface area (Å²) in [5.74, 6) is 1.61. The van der Waals surface area contributed by atoms with Gasteiger partial charge in [-0.05, 0) is 32.1 Å². The Labute approximate surface area is 162 Å². The number of aromatic amines is 1. The van der Waals surface area contributed by atoms with Gasteiger partial charge in [0.15, 0.2) is 0 Å². The second-order valence-electron chi connectivity index (χ2n) is 7.95. The van der Waals surface area contributed by atoms with E-state index in [0.29, 0.717) is 29.8 Å². The van der Waals surface area contributed by atoms with Crippen molar-refractivity contribution >= 4 is 23.4 Å². The molecule has 0 unspecified atom stereocenters. The van der Waals surface area contributed by atoms with Crippen LogP contribution in [0.2, 0.25) is 0 Å². The normalized spacial score (nSPS) is 25.5. The summed E-state index contributed by atoms with van der Waals surface area (Å²) in [7, 11) is 1.54. The van der Waals surface area contributed by atoms with E-state index in [1.807, 2.05) is 4.90 Å². The molecule has 5 rings (SSSR count). The maximum absolute atomic E-state index is 13.3. The Morgan fingerprint density at radius 2 is 2.18 bits per heavy atom. The lowest BCUT2D eigenvalue weighted by molar-refractivity contribution is -0.120. The molecule has 1 amide bonds. The standard InChI is InChI=1S/C19H24N6O3/c1-28-16-14(10-21-24-16)22-18-20-9-13-15(23-18)25(17(27)19(13)6-7-19)11-4-2-3-5-12(26)8-11/h9-12,26H,2-8H2,1H3,(H,21,24)(H,20,22,23)/t11-,12-/m1/s1. The molecule has 3 heterocycles. The molecular formula is C19H24N6O3. The number of hydrogen-bond acceptors (Lipinski definition) is 7. The van der Waals surface area contributed by atoms with E-state index in [9.17, 15) is 9.90 Å². The number of hydrogen-bond donors (Lipinski definition) is 3. The number of nitrogens with one attached hydrogen (secondary N) is 2. The average Bonchev–Trinajstić information content (AvgIpc) is 3.37. The van der Waals surface area contributed by atoms with Gasteiger partial charge in [-0.1, -0.05) is 12.8 Å². The third kappa shape index (κ3) is 2.64. The Kier molecular flexibility index (Phi) is 4.01. The number of fused-ring (bicyclic) bond motifs is 2. The SMILES string of the molecule is COc1n[nH]cc1Nc1ncc2c(n1)N([C@@H]1CCCC[C@@H](O)C1)C(=O)C21CC1. The molecule has 9 heteroatoms. The van der Waals surface area contributed by atoms with E-state index < -0.39 is 5.41 Å². The van der Waals surface area contributed by atoms with Crippen molar-refractivity contribution in [1.82, 2.24) is 20.2 Å². The van der Waals surface area contributed by atoms with Crippen molar-refractivity contribution in [3.8, 4) is 5.88 Å². The molecule has 3 aliphatic rings. The van der Waals surface area contributed by atoms with Crippen LogP contribution in [0.1, 0.15) is 50.5 Å². The Morgan fingerprint density at radius 1 is 1.36 bits per heavy atom. The highest BCUT2D eigenvalue weighted by molar-refractivity contribution is 6.09. The predicted molar refractivity (Wildman–Crippen MR) is 102 cm³/mol. The minimum atomic E-state index is -0.446. The summed E-state index contributed by atoms with van der Waals surface area (Å²) in [5, 5.41) is 20.1. The van der Waals surface area contributed by atoms with E-state index >= 15 is 0 Å². The fourth-order valence-electron chi connectivity index (χ4n) is 4.53. The van der Waals surface area contributed by atoms with Gasteiger partial charge in [-0.15, -0.1) is 5.10 Å². The summed E-state index contributed by atoms with van der Waals surface area (Å²) < 4.78 is 5.20. The molecule has 1 spiro atoms. The summed E-state index contributed by atoms with van der Waals surface area (Å²) >= 11 is 0. The van der Waals surface area contributed by atoms with Gasteiger partial charge >= 0.3 is 0 Å². The minimum Gasteiger partial charge on any atom is -0.478 e. The molecule has 0 radical (unpaired) electrons. The Morgan fingerprint density at radius 3 is 2.96 bits per heavy atom. The largest absolute Gasteiger partial charge is 0.478 e. The van der Waals surface area contributed by atoms with Crippen LogP contribution in [-0.4, -0.2) is 50.4 Å². The Balaban J connectivity index is 1.50. The van der Waals surface area contributed by atoms with Crippen LogP contribution in [0.4, 0.5) is 17.5 Å². The highest BCUT2D eigenvalue weighted by Gasteiger charge is 2.61. The summed E-state index contributed by atoms with van der Waals surface area (Å²) in [4.78, 5) is 24.3. The number of amides is 1. The number of ether oxygens (including phenoxy) is 1. The number of aliphatic hydroxyl groups excluding tert-OH is 1. The lowest BCUT2D eigenvalue weighted by Gasteiger charge is -2.28. The van der Waals surface area contributed by atoms with Crippen molar-refractivity contribution < 1.29 is 14.6 Å². The summed E-state index contributed by atoms with van der Waals surface area (Å²) in [6, 6.07) is -0.0186. The quantitative estimate of drug-likeness (QED) is 0.691. The van der Waals surface area contributed by atoms with Crippen molar-refractivity contribution in [3.63, 3.8) is 0 Å². The van der Waals surface area contributed by atoms with Crippen LogP contribution in [0.25, 0.3) is 0 Å². The van der Waals surface area contributed by atoms with Gasteiger partial charge < -0.3 is 15.2 Å². The Hall–Kier alpha value is -2.68. The molecule has 0 aromatic carbocycles. The van der Waals surface area contributed by atoms with Gasteiger partial charge in [-0.25, -0.2) is 4.98 Å². The predicted octanol–water partition coefficient (Wildman–Crippen LogP) is 2.02. The molecule has 0 bridgehead atoms. The van der Waals surface area contributed by atoms with Crippen LogP contribution in [0, 0.1) is 0 Å². The molecule has 2 aromatic rings. The van der Waals surface area contributed by atoms with Crippen LogP contribution in [0.15, 0.2) is 12.4 Å². The molecule has 3 N–H and O–H groups in total. The Bertz CT molecular complexity index is 909. The van der Waals surface area contributed by atoms with Gasteiger partial charge in [0.05, 0.1) is 18.6 Å². The van der Waals surface area contributed by atoms with Crippen molar-refractivity contribution in [3.05, 3.63) is 18.0 Å². The van der Waals surface area contributed by atoms with E-state index in [4.69, 9.17) is 9.72 Å². The zero-order valence-electron chi connectivity index (χ0n) is 15.8. The first-order valence-electron chi connectivity index (χ1n) is 9.86. The first-order chi connectivity index (χ1) is 13.6. The number of H-pyrrole nitrogens is 1. The van der Waals surface area contributed by atoms with Crippen LogP contribution in [0.5, 0.6) is 5.88 Å². The van der Waals surface area contributed by atoms with Crippen molar-refractivity contribution in [2.24, 2.45) is 0 Å². The molecule has 2 saturated carbocycles. The van der Waals surface area contributed by atoms with E-state index in [2.05, 4.69) is 20.5 Å². The monoisotopic (exact) mass is 384 g/mol. The highest BCUT2D eigenvalue weighted by Crippen LogP contribution is 2.57. The third-order valence-corrected chi connectivity index (χ3v) is 6.17. The molecule has 2 fully saturated rings. The molecule has 2 atom stereocenters. The molecule has 2 aromatic heterocycles. The third-order valence-electron chi connectivity index (χ3n) is 6.17. The molecule has 28 heavy (non-hydrogen) atoms. The molecule has 1 aliphatic heterocycles. The van der Waals surface area contributed by atoms with Crippen molar-refractivity contribution in [2.45, 2.75) is 62.5 Å². The molecule has 148 valence electrons. The molecule has 2 aliphatic carbocycles. The molecular weight excluding hydrogens is 360 g/mol. The van der Waals surface area contributed by atoms with E-state index in [0.717, 1.165) is 44.1 Å². The van der Waals surface area contributed by atoms with Gasteiger partial charge in [0.1, 0.15) is 11.5 Å². The van der Waals surface area contributed by atoms with E-state index in [1.54, 1.807) is 19.5 Å². The molecule has 0 saturated heterocycles. The van der Waals surface area contributed by atoms with Crippen LogP contribution >= 0.6 is 0 Å². The van der Waals surface area contributed by atoms with E-state index in [-0.39, 0.29) is 18.1 Å². The van der Waals surface area contributed by atoms with Gasteiger partial charge in [0, 0.05) is 24.0 Å². The summed E-state index contributed by atoms with van der Waals surface area (Å²) in [6.45, 7) is 0. The second kappa shape index (κ2) is 6.44. The smallest absolute Gasteiger partial charge is 0.256 e. The van der Waals surface area contributed by atoms with Crippen LogP contribution < -0.4 is 15.0 Å². The van der Waals surface area contributed by atoms with Gasteiger partial charge in [-0.3, -0.25) is 14.8 Å². The number of nitrogens with zero attached hydrogens (tertiary/aromatic N) is 4. The van der Waals surface area contributed by atoms with E-state index in [1.165, 1.54) is 0 Å². The van der Waals surface area contributed by atoms with Gasteiger partial charge in [-0.2, -0.15) is 4.98 Å². The zero-order valence-corrected chi connectivity index (χ0v) is 15.8. The summed E-state index contributed by atoms with van der Waals surface area (Å²) in [5.41, 5.74) is 1.10. The number of carbonyl (C=O) groups is 1. The molecule has 9 nitrogen and oxygen atoms in total. The highest BCUT2D eigenvalue weighted by atomic mass is 16.5. The van der Waals surface area contributed by atoms with Crippen molar-refractivity contribution in [1.29, 1.82) is 0 Å². The fourth-order valence-corrected chi connectivity index (χ4v) is 4.53. The number of rotatable bonds is 4. The lowest BCUT2D eigenvalue weighted by atomic mass is 10.0. The maximum Gasteiger partial charge on any atom is 0.256 e. The van der Waals surface area contributed by atoms with Crippen LogP contribution in [-0.2, 0) is 10.2 Å². The second-order valence-corrected chi connectivity index (χ2v) is 7.95. The zero-order chi connectivity index (χ0) is 19.3. The number of carbonyl (C=O) groups excluding carboxylic acids is 1. The first kappa shape index (κ1) is 17.4. The minimum absolute atomic E-state index is 0.0186. The van der Waals surface area contributed by atoms with Crippen LogP contribution in [0.3, 0.4) is 0 Å². The topological polar surface area (TPSA) is 116 Å². The number of anilines is 3. The number of aromatic nitrogens is 4. The fraction of sp³-hybridized carbons (Fsp3) is 0.579. The summed E-state index contributed by atoms with van der Waals surface area (Å²) in [6.07, 6.45) is 9.06. The number of methoxy groups -OCH3 is 1. The average molecular weight is 384 g/mol. The maximum atomic E-state index is 13.3. The van der Waals surface area contributed by atoms with Gasteiger partial charge in [0.2, 0.25) is 11.9 Å².